The topological polar surface area (TPSA) is 69.9 Å². The highest BCUT2D eigenvalue weighted by atomic mass is 16.5. The third kappa shape index (κ3) is 1.55. The van der Waals surface area contributed by atoms with Crippen LogP contribution < -0.4 is 5.73 Å². The molecule has 1 aromatic carbocycles. The second-order valence-electron chi connectivity index (χ2n) is 4.53. The SMILES string of the molecule is CC(C)n1c(-c2ccon2)nc2ccc(N)cc21. The molecule has 3 rings (SSSR count). The molecule has 0 amide bonds. The van der Waals surface area contributed by atoms with Crippen molar-refractivity contribution in [3.63, 3.8) is 0 Å². The summed E-state index contributed by atoms with van der Waals surface area (Å²) in [6.45, 7) is 4.21. The summed E-state index contributed by atoms with van der Waals surface area (Å²) in [4.78, 5) is 4.60. The predicted molar refractivity (Wildman–Crippen MR) is 70.0 cm³/mol. The molecule has 18 heavy (non-hydrogen) atoms. The zero-order valence-corrected chi connectivity index (χ0v) is 10.3. The molecule has 0 aliphatic rings. The number of aromatic nitrogens is 3. The Labute approximate surface area is 104 Å². The van der Waals surface area contributed by atoms with Crippen LogP contribution in [-0.4, -0.2) is 14.7 Å². The van der Waals surface area contributed by atoms with Gasteiger partial charge in [-0.3, -0.25) is 0 Å². The molecule has 0 unspecified atom stereocenters. The lowest BCUT2D eigenvalue weighted by Gasteiger charge is -2.11. The Hall–Kier alpha value is -2.30. The number of benzene rings is 1. The fourth-order valence-corrected chi connectivity index (χ4v) is 2.14. The lowest BCUT2D eigenvalue weighted by molar-refractivity contribution is 0.421. The van der Waals surface area contributed by atoms with Gasteiger partial charge in [0.2, 0.25) is 0 Å². The van der Waals surface area contributed by atoms with Gasteiger partial charge in [0.15, 0.2) is 5.82 Å². The minimum Gasteiger partial charge on any atom is -0.399 e. The molecule has 0 aliphatic heterocycles. The summed E-state index contributed by atoms with van der Waals surface area (Å²) < 4.78 is 7.01. The van der Waals surface area contributed by atoms with E-state index in [9.17, 15) is 0 Å². The number of fused-ring (bicyclic) bond motifs is 1. The average Bonchev–Trinajstić information content (AvgIpc) is 2.94. The Bertz CT molecular complexity index is 682. The van der Waals surface area contributed by atoms with E-state index in [1.807, 2.05) is 24.3 Å². The molecule has 0 fully saturated rings. The average molecular weight is 242 g/mol. The molecule has 3 aromatic rings. The molecule has 5 heteroatoms. The third-order valence-corrected chi connectivity index (χ3v) is 2.90. The molecule has 0 radical (unpaired) electrons. The molecule has 0 bridgehead atoms. The Morgan fingerprint density at radius 2 is 2.11 bits per heavy atom. The van der Waals surface area contributed by atoms with Crippen LogP contribution in [0.2, 0.25) is 0 Å². The summed E-state index contributed by atoms with van der Waals surface area (Å²) in [6.07, 6.45) is 1.55. The maximum atomic E-state index is 5.85. The maximum Gasteiger partial charge on any atom is 0.163 e. The predicted octanol–water partition coefficient (Wildman–Crippen LogP) is 2.85. The minimum atomic E-state index is 0.267. The first kappa shape index (κ1) is 10.8. The number of nitrogens with two attached hydrogens (primary N) is 1. The molecule has 2 heterocycles. The molecule has 2 aromatic heterocycles. The number of imidazole rings is 1. The Kier molecular flexibility index (Phi) is 2.33. The van der Waals surface area contributed by atoms with E-state index in [0.717, 1.165) is 28.2 Å². The zero-order valence-electron chi connectivity index (χ0n) is 10.3. The molecule has 0 aliphatic carbocycles. The van der Waals surface area contributed by atoms with E-state index < -0.39 is 0 Å². The molecule has 0 saturated carbocycles. The van der Waals surface area contributed by atoms with Crippen LogP contribution in [-0.2, 0) is 0 Å². The minimum absolute atomic E-state index is 0.267. The van der Waals surface area contributed by atoms with Crippen LogP contribution in [0.4, 0.5) is 5.69 Å². The molecule has 0 saturated heterocycles. The van der Waals surface area contributed by atoms with Crippen LogP contribution in [0.15, 0.2) is 35.1 Å². The first-order valence-corrected chi connectivity index (χ1v) is 5.85. The van der Waals surface area contributed by atoms with E-state index in [0.29, 0.717) is 0 Å². The van der Waals surface area contributed by atoms with Crippen molar-refractivity contribution in [2.75, 3.05) is 5.73 Å². The highest BCUT2D eigenvalue weighted by molar-refractivity contribution is 5.83. The lowest BCUT2D eigenvalue weighted by atomic mass is 10.2. The van der Waals surface area contributed by atoms with E-state index in [4.69, 9.17) is 10.3 Å². The van der Waals surface area contributed by atoms with Crippen LogP contribution in [0.1, 0.15) is 19.9 Å². The van der Waals surface area contributed by atoms with Gasteiger partial charge in [0.25, 0.3) is 0 Å². The Morgan fingerprint density at radius 3 is 2.78 bits per heavy atom. The highest BCUT2D eigenvalue weighted by Crippen LogP contribution is 2.28. The molecule has 0 spiro atoms. The Balaban J connectivity index is 2.35. The number of hydrogen-bond acceptors (Lipinski definition) is 4. The van der Waals surface area contributed by atoms with Gasteiger partial charge in [0, 0.05) is 17.8 Å². The van der Waals surface area contributed by atoms with E-state index in [2.05, 4.69) is 28.6 Å². The molecular weight excluding hydrogens is 228 g/mol. The van der Waals surface area contributed by atoms with Crippen LogP contribution in [0.25, 0.3) is 22.6 Å². The lowest BCUT2D eigenvalue weighted by Crippen LogP contribution is -2.03. The van der Waals surface area contributed by atoms with Crippen molar-refractivity contribution in [2.45, 2.75) is 19.9 Å². The summed E-state index contributed by atoms with van der Waals surface area (Å²) in [7, 11) is 0. The van der Waals surface area contributed by atoms with Gasteiger partial charge in [-0.1, -0.05) is 5.16 Å². The second kappa shape index (κ2) is 3.87. The monoisotopic (exact) mass is 242 g/mol. The number of nitrogens with zero attached hydrogens (tertiary/aromatic N) is 3. The van der Waals surface area contributed by atoms with Crippen molar-refractivity contribution in [2.24, 2.45) is 0 Å². The maximum absolute atomic E-state index is 5.85. The molecule has 2 N–H and O–H groups in total. The van der Waals surface area contributed by atoms with Crippen molar-refractivity contribution < 1.29 is 4.52 Å². The standard InChI is InChI=1S/C13H14N4O/c1-8(2)17-12-7-9(14)3-4-10(12)15-13(17)11-5-6-18-16-11/h3-8H,14H2,1-2H3. The van der Waals surface area contributed by atoms with E-state index >= 15 is 0 Å². The van der Waals surface area contributed by atoms with E-state index in [1.54, 1.807) is 6.26 Å². The van der Waals surface area contributed by atoms with Gasteiger partial charge in [-0.25, -0.2) is 4.98 Å². The van der Waals surface area contributed by atoms with Gasteiger partial charge >= 0.3 is 0 Å². The van der Waals surface area contributed by atoms with Crippen LogP contribution in [0.3, 0.4) is 0 Å². The highest BCUT2D eigenvalue weighted by Gasteiger charge is 2.16. The van der Waals surface area contributed by atoms with Crippen molar-refractivity contribution in [1.82, 2.24) is 14.7 Å². The van der Waals surface area contributed by atoms with Crippen molar-refractivity contribution in [3.8, 4) is 11.5 Å². The first-order chi connectivity index (χ1) is 8.66. The van der Waals surface area contributed by atoms with Crippen LogP contribution in [0.5, 0.6) is 0 Å². The van der Waals surface area contributed by atoms with Gasteiger partial charge in [-0.2, -0.15) is 0 Å². The third-order valence-electron chi connectivity index (χ3n) is 2.90. The summed E-state index contributed by atoms with van der Waals surface area (Å²) in [5.41, 5.74) is 9.24. The summed E-state index contributed by atoms with van der Waals surface area (Å²) >= 11 is 0. The van der Waals surface area contributed by atoms with Crippen LogP contribution in [0, 0.1) is 0 Å². The molecular formula is C13H14N4O. The summed E-state index contributed by atoms with van der Waals surface area (Å²) in [6, 6.07) is 7.79. The molecule has 92 valence electrons. The van der Waals surface area contributed by atoms with Crippen molar-refractivity contribution >= 4 is 16.7 Å². The smallest absolute Gasteiger partial charge is 0.163 e. The number of nitrogen functional groups attached to an aromatic ring is 1. The van der Waals surface area contributed by atoms with Gasteiger partial charge in [-0.05, 0) is 32.0 Å². The second-order valence-corrected chi connectivity index (χ2v) is 4.53. The number of anilines is 1. The summed E-state index contributed by atoms with van der Waals surface area (Å²) in [5, 5.41) is 3.96. The molecule has 5 nitrogen and oxygen atoms in total. The number of hydrogen-bond donors (Lipinski definition) is 1. The summed E-state index contributed by atoms with van der Waals surface area (Å²) in [5.74, 6) is 0.805. The van der Waals surface area contributed by atoms with Gasteiger partial charge in [0.1, 0.15) is 12.0 Å². The first-order valence-electron chi connectivity index (χ1n) is 5.85. The van der Waals surface area contributed by atoms with E-state index in [-0.39, 0.29) is 6.04 Å². The van der Waals surface area contributed by atoms with Crippen LogP contribution >= 0.6 is 0 Å². The van der Waals surface area contributed by atoms with Crippen molar-refractivity contribution in [3.05, 3.63) is 30.5 Å². The van der Waals surface area contributed by atoms with Crippen molar-refractivity contribution in [1.29, 1.82) is 0 Å². The van der Waals surface area contributed by atoms with Gasteiger partial charge in [-0.15, -0.1) is 0 Å². The Morgan fingerprint density at radius 1 is 1.28 bits per heavy atom. The fraction of sp³-hybridized carbons (Fsp3) is 0.231. The fourth-order valence-electron chi connectivity index (χ4n) is 2.14. The van der Waals surface area contributed by atoms with Gasteiger partial charge < -0.3 is 14.8 Å². The zero-order chi connectivity index (χ0) is 12.7. The van der Waals surface area contributed by atoms with Gasteiger partial charge in [0.05, 0.1) is 11.0 Å². The quantitative estimate of drug-likeness (QED) is 0.701. The molecule has 0 atom stereocenters. The normalized spacial score (nSPS) is 11.5. The number of rotatable bonds is 2. The largest absolute Gasteiger partial charge is 0.399 e. The van der Waals surface area contributed by atoms with E-state index in [1.165, 1.54) is 0 Å².